The minimum absolute atomic E-state index is 0.00343. The third-order valence-corrected chi connectivity index (χ3v) is 6.58. The van der Waals surface area contributed by atoms with E-state index in [0.717, 1.165) is 31.7 Å². The van der Waals surface area contributed by atoms with Gasteiger partial charge in [0.25, 0.3) is 0 Å². The number of hydrogen-bond acceptors (Lipinski definition) is 7. The van der Waals surface area contributed by atoms with E-state index in [1.54, 1.807) is 4.52 Å². The van der Waals surface area contributed by atoms with Gasteiger partial charge in [-0.2, -0.15) is 4.98 Å². The zero-order chi connectivity index (χ0) is 19.2. The molecule has 10 heteroatoms. The number of fused-ring (bicyclic) bond motifs is 1. The Morgan fingerprint density at radius 3 is 2.67 bits per heavy atom. The highest BCUT2D eigenvalue weighted by molar-refractivity contribution is 7.89. The van der Waals surface area contributed by atoms with Gasteiger partial charge >= 0.3 is 0 Å². The first-order valence-electron chi connectivity index (χ1n) is 9.28. The Bertz CT molecular complexity index is 926. The highest BCUT2D eigenvalue weighted by Crippen LogP contribution is 2.40. The maximum atomic E-state index is 12.0. The van der Waals surface area contributed by atoms with Crippen LogP contribution in [-0.4, -0.2) is 79.5 Å². The van der Waals surface area contributed by atoms with E-state index >= 15 is 0 Å². The number of aromatic nitrogens is 3. The molecular weight excluding hydrogens is 366 g/mol. The van der Waals surface area contributed by atoms with Crippen LogP contribution in [0.3, 0.4) is 0 Å². The lowest BCUT2D eigenvalue weighted by Crippen LogP contribution is -2.71. The molecule has 0 aliphatic carbocycles. The van der Waals surface area contributed by atoms with Crippen molar-refractivity contribution in [2.75, 3.05) is 55.7 Å². The molecule has 0 bridgehead atoms. The normalized spacial score (nSPS) is 19.5. The SMILES string of the molecule is CC(C)NS(=O)(=O)CCNc1nc(N2CC3(CN(C)C3)C2)nn2cccc12. The van der Waals surface area contributed by atoms with Gasteiger partial charge in [0.1, 0.15) is 5.52 Å². The third kappa shape index (κ3) is 3.74. The van der Waals surface area contributed by atoms with Crippen LogP contribution in [0.15, 0.2) is 18.3 Å². The number of sulfonamides is 1. The van der Waals surface area contributed by atoms with Crippen LogP contribution in [0, 0.1) is 5.41 Å². The molecule has 4 heterocycles. The standard InChI is InChI=1S/C17H27N7O2S/c1-13(2)21-27(25,26)8-6-18-15-14-5-4-7-24(14)20-16(19-15)23-11-17(12-23)9-22(3)10-17/h4-5,7,13,21H,6,8-12H2,1-3H3,(H,18,19,20). The predicted molar refractivity (Wildman–Crippen MR) is 106 cm³/mol. The Kier molecular flexibility index (Phi) is 4.52. The lowest BCUT2D eigenvalue weighted by atomic mass is 9.73. The number of nitrogens with one attached hydrogen (secondary N) is 2. The minimum Gasteiger partial charge on any atom is -0.367 e. The van der Waals surface area contributed by atoms with Gasteiger partial charge in [0.15, 0.2) is 5.82 Å². The van der Waals surface area contributed by atoms with E-state index in [-0.39, 0.29) is 18.3 Å². The molecule has 27 heavy (non-hydrogen) atoms. The summed E-state index contributed by atoms with van der Waals surface area (Å²) in [5, 5.41) is 7.78. The average Bonchev–Trinajstić information content (AvgIpc) is 2.96. The third-order valence-electron chi connectivity index (χ3n) is 5.00. The van der Waals surface area contributed by atoms with Gasteiger partial charge in [-0.15, -0.1) is 5.10 Å². The number of likely N-dealkylation sites (tertiary alicyclic amines) is 1. The summed E-state index contributed by atoms with van der Waals surface area (Å²) in [6.07, 6.45) is 1.88. The first-order chi connectivity index (χ1) is 12.8. The van der Waals surface area contributed by atoms with Crippen molar-refractivity contribution in [1.82, 2.24) is 24.2 Å². The molecule has 0 saturated carbocycles. The molecule has 2 fully saturated rings. The van der Waals surface area contributed by atoms with Gasteiger partial charge in [-0.05, 0) is 33.0 Å². The maximum Gasteiger partial charge on any atom is 0.245 e. The fraction of sp³-hybridized carbons (Fsp3) is 0.647. The van der Waals surface area contributed by atoms with Crippen molar-refractivity contribution >= 4 is 27.3 Å². The Hall–Kier alpha value is -1.91. The van der Waals surface area contributed by atoms with Crippen molar-refractivity contribution in [2.24, 2.45) is 5.41 Å². The van der Waals surface area contributed by atoms with Crippen molar-refractivity contribution in [3.63, 3.8) is 0 Å². The van der Waals surface area contributed by atoms with Crippen molar-refractivity contribution in [3.05, 3.63) is 18.3 Å². The average molecular weight is 394 g/mol. The molecule has 2 aliphatic rings. The van der Waals surface area contributed by atoms with E-state index in [1.165, 1.54) is 0 Å². The van der Waals surface area contributed by atoms with Gasteiger partial charge in [-0.1, -0.05) is 0 Å². The second kappa shape index (κ2) is 6.61. The van der Waals surface area contributed by atoms with Crippen LogP contribution in [0.25, 0.3) is 5.52 Å². The van der Waals surface area contributed by atoms with Crippen molar-refractivity contribution in [1.29, 1.82) is 0 Å². The molecule has 2 aromatic rings. The Labute approximate surface area is 159 Å². The van der Waals surface area contributed by atoms with Crippen LogP contribution in [0.2, 0.25) is 0 Å². The van der Waals surface area contributed by atoms with Crippen LogP contribution in [0.1, 0.15) is 13.8 Å². The summed E-state index contributed by atoms with van der Waals surface area (Å²) in [4.78, 5) is 9.19. The summed E-state index contributed by atoms with van der Waals surface area (Å²) in [5.41, 5.74) is 1.24. The Morgan fingerprint density at radius 1 is 1.26 bits per heavy atom. The van der Waals surface area contributed by atoms with E-state index in [4.69, 9.17) is 0 Å². The van der Waals surface area contributed by atoms with Crippen LogP contribution < -0.4 is 14.9 Å². The van der Waals surface area contributed by atoms with E-state index in [0.29, 0.717) is 17.2 Å². The van der Waals surface area contributed by atoms with Crippen molar-refractivity contribution in [2.45, 2.75) is 19.9 Å². The number of rotatable bonds is 7. The van der Waals surface area contributed by atoms with Gasteiger partial charge in [-0.25, -0.2) is 17.7 Å². The van der Waals surface area contributed by atoms with Gasteiger partial charge in [0.05, 0.1) is 5.75 Å². The largest absolute Gasteiger partial charge is 0.367 e. The van der Waals surface area contributed by atoms with Gasteiger partial charge in [0.2, 0.25) is 16.0 Å². The maximum absolute atomic E-state index is 12.0. The second-order valence-electron chi connectivity index (χ2n) is 8.14. The first kappa shape index (κ1) is 18.5. The molecule has 2 aromatic heterocycles. The summed E-state index contributed by atoms with van der Waals surface area (Å²) < 4.78 is 28.4. The summed E-state index contributed by atoms with van der Waals surface area (Å²) in [6, 6.07) is 3.72. The molecule has 0 amide bonds. The van der Waals surface area contributed by atoms with Gasteiger partial charge in [0, 0.05) is 50.4 Å². The zero-order valence-electron chi connectivity index (χ0n) is 16.0. The lowest BCUT2D eigenvalue weighted by molar-refractivity contribution is -0.00333. The minimum atomic E-state index is -3.31. The summed E-state index contributed by atoms with van der Waals surface area (Å²) in [5.74, 6) is 1.34. The van der Waals surface area contributed by atoms with E-state index in [2.05, 4.69) is 37.0 Å². The Balaban J connectivity index is 1.45. The molecule has 148 valence electrons. The van der Waals surface area contributed by atoms with E-state index in [1.807, 2.05) is 32.2 Å². The number of nitrogens with zero attached hydrogens (tertiary/aromatic N) is 5. The van der Waals surface area contributed by atoms with E-state index < -0.39 is 10.0 Å². The van der Waals surface area contributed by atoms with Crippen molar-refractivity contribution in [3.8, 4) is 0 Å². The molecule has 0 radical (unpaired) electrons. The van der Waals surface area contributed by atoms with Gasteiger partial charge < -0.3 is 15.1 Å². The summed E-state index contributed by atoms with van der Waals surface area (Å²) in [6.45, 7) is 8.10. The van der Waals surface area contributed by atoms with E-state index in [9.17, 15) is 8.42 Å². The topological polar surface area (TPSA) is 94.9 Å². The predicted octanol–water partition coefficient (Wildman–Crippen LogP) is 0.221. The molecule has 9 nitrogen and oxygen atoms in total. The van der Waals surface area contributed by atoms with Crippen LogP contribution in [0.4, 0.5) is 11.8 Å². The quantitative estimate of drug-likeness (QED) is 0.695. The molecule has 0 atom stereocenters. The molecule has 2 saturated heterocycles. The zero-order valence-corrected chi connectivity index (χ0v) is 16.8. The fourth-order valence-corrected chi connectivity index (χ4v) is 5.32. The van der Waals surface area contributed by atoms with Crippen LogP contribution in [-0.2, 0) is 10.0 Å². The molecular formula is C17H27N7O2S. The number of anilines is 2. The van der Waals surface area contributed by atoms with Gasteiger partial charge in [-0.3, -0.25) is 0 Å². The molecule has 2 N–H and O–H groups in total. The highest BCUT2D eigenvalue weighted by Gasteiger charge is 2.51. The molecule has 4 rings (SSSR count). The van der Waals surface area contributed by atoms with Crippen LogP contribution in [0.5, 0.6) is 0 Å². The fourth-order valence-electron chi connectivity index (χ4n) is 4.11. The first-order valence-corrected chi connectivity index (χ1v) is 10.9. The highest BCUT2D eigenvalue weighted by atomic mass is 32.2. The molecule has 0 unspecified atom stereocenters. The molecule has 1 spiro atoms. The lowest BCUT2D eigenvalue weighted by Gasteiger charge is -2.59. The number of hydrogen-bond donors (Lipinski definition) is 2. The monoisotopic (exact) mass is 393 g/mol. The second-order valence-corrected chi connectivity index (χ2v) is 10.0. The summed E-state index contributed by atoms with van der Waals surface area (Å²) in [7, 11) is -1.17. The molecule has 2 aliphatic heterocycles. The van der Waals surface area contributed by atoms with Crippen LogP contribution >= 0.6 is 0 Å². The van der Waals surface area contributed by atoms with Crippen molar-refractivity contribution < 1.29 is 8.42 Å². The molecule has 0 aromatic carbocycles. The Morgan fingerprint density at radius 2 is 2.00 bits per heavy atom. The summed E-state index contributed by atoms with van der Waals surface area (Å²) >= 11 is 0. The smallest absolute Gasteiger partial charge is 0.245 e.